The second-order valence-electron chi connectivity index (χ2n) is 7.71. The maximum Gasteiger partial charge on any atom is 0.165 e. The summed E-state index contributed by atoms with van der Waals surface area (Å²) >= 11 is 0. The average Bonchev–Trinajstić information content (AvgIpc) is 2.98. The molecule has 31 heavy (non-hydrogen) atoms. The normalized spacial score (nSPS) is 13.8. The Kier molecular flexibility index (Phi) is 6.37. The van der Waals surface area contributed by atoms with Crippen LogP contribution in [0.5, 0.6) is 17.2 Å². The van der Waals surface area contributed by atoms with Crippen LogP contribution in [0.4, 0.5) is 0 Å². The maximum absolute atomic E-state index is 6.13. The number of aromatic nitrogens is 2. The van der Waals surface area contributed by atoms with Crippen LogP contribution in [0.2, 0.25) is 0 Å². The molecule has 0 atom stereocenters. The number of nitrogens with zero attached hydrogens (tertiary/aromatic N) is 3. The van der Waals surface area contributed by atoms with E-state index in [2.05, 4.69) is 28.1 Å². The summed E-state index contributed by atoms with van der Waals surface area (Å²) in [6, 6.07) is 12.4. The Labute approximate surface area is 183 Å². The summed E-state index contributed by atoms with van der Waals surface area (Å²) in [6.07, 6.45) is 1.79. The van der Waals surface area contributed by atoms with Gasteiger partial charge in [0.1, 0.15) is 12.4 Å². The zero-order valence-corrected chi connectivity index (χ0v) is 18.6. The average molecular weight is 420 g/mol. The Morgan fingerprint density at radius 2 is 1.97 bits per heavy atom. The van der Waals surface area contributed by atoms with Crippen LogP contribution in [0.15, 0.2) is 42.6 Å². The van der Waals surface area contributed by atoms with E-state index in [0.29, 0.717) is 13.2 Å². The first-order chi connectivity index (χ1) is 15.1. The minimum Gasteiger partial charge on any atom is -0.494 e. The second kappa shape index (κ2) is 9.35. The van der Waals surface area contributed by atoms with Gasteiger partial charge in [-0.25, -0.2) is 4.98 Å². The number of methoxy groups -OCH3 is 1. The fourth-order valence-corrected chi connectivity index (χ4v) is 3.94. The molecule has 0 bridgehead atoms. The molecule has 0 saturated heterocycles. The lowest BCUT2D eigenvalue weighted by Crippen LogP contribution is -2.25. The number of aryl methyl sites for hydroxylation is 2. The van der Waals surface area contributed by atoms with Gasteiger partial charge in [0.15, 0.2) is 11.5 Å². The standard InChI is InChI=1S/C25H29N3O3/c1-5-30-22-9-7-6-8-19(22)15-28-10-11-31-25-21(16-28)12-20(13-23(25)29-4)24-18(3)26-14-17(2)27-24/h6-9,12-14H,5,10-11,15-16H2,1-4H3. The van der Waals surface area contributed by atoms with Crippen LogP contribution in [0.25, 0.3) is 11.3 Å². The molecule has 2 aromatic carbocycles. The molecule has 0 amide bonds. The van der Waals surface area contributed by atoms with E-state index >= 15 is 0 Å². The molecular formula is C25H29N3O3. The Balaban J connectivity index is 1.68. The highest BCUT2D eigenvalue weighted by Crippen LogP contribution is 2.38. The van der Waals surface area contributed by atoms with Gasteiger partial charge in [-0.1, -0.05) is 18.2 Å². The third-order valence-electron chi connectivity index (χ3n) is 5.42. The van der Waals surface area contributed by atoms with Gasteiger partial charge in [-0.05, 0) is 39.0 Å². The number of para-hydroxylation sites is 1. The summed E-state index contributed by atoms with van der Waals surface area (Å²) in [5.74, 6) is 2.48. The lowest BCUT2D eigenvalue weighted by Gasteiger charge is -2.21. The molecule has 0 unspecified atom stereocenters. The van der Waals surface area contributed by atoms with Crippen LogP contribution in [-0.2, 0) is 13.1 Å². The summed E-state index contributed by atoms with van der Waals surface area (Å²) in [6.45, 7) is 9.55. The Bertz CT molecular complexity index is 1070. The van der Waals surface area contributed by atoms with Crippen molar-refractivity contribution in [2.24, 2.45) is 0 Å². The fraction of sp³-hybridized carbons (Fsp3) is 0.360. The Morgan fingerprint density at radius 3 is 2.77 bits per heavy atom. The quantitative estimate of drug-likeness (QED) is 0.584. The van der Waals surface area contributed by atoms with Crippen molar-refractivity contribution in [3.63, 3.8) is 0 Å². The Hall–Kier alpha value is -3.12. The molecule has 1 aliphatic heterocycles. The van der Waals surface area contributed by atoms with Crippen LogP contribution in [0, 0.1) is 13.8 Å². The lowest BCUT2D eigenvalue weighted by molar-refractivity contribution is 0.213. The van der Waals surface area contributed by atoms with Gasteiger partial charge >= 0.3 is 0 Å². The van der Waals surface area contributed by atoms with Crippen molar-refractivity contribution in [2.45, 2.75) is 33.9 Å². The predicted octanol–water partition coefficient (Wildman–Crippen LogP) is 4.56. The van der Waals surface area contributed by atoms with Crippen LogP contribution in [0.1, 0.15) is 29.4 Å². The molecule has 162 valence electrons. The third kappa shape index (κ3) is 4.64. The van der Waals surface area contributed by atoms with Crippen molar-refractivity contribution < 1.29 is 14.2 Å². The van der Waals surface area contributed by atoms with E-state index in [1.807, 2.05) is 39.0 Å². The number of ether oxygens (including phenoxy) is 3. The summed E-state index contributed by atoms with van der Waals surface area (Å²) in [5, 5.41) is 0. The van der Waals surface area contributed by atoms with Gasteiger partial charge in [0, 0.05) is 42.5 Å². The Morgan fingerprint density at radius 1 is 1.13 bits per heavy atom. The number of hydrogen-bond donors (Lipinski definition) is 0. The van der Waals surface area contributed by atoms with Gasteiger partial charge in [-0.3, -0.25) is 9.88 Å². The van der Waals surface area contributed by atoms with Gasteiger partial charge in [0.25, 0.3) is 0 Å². The molecule has 1 aliphatic rings. The molecule has 0 radical (unpaired) electrons. The van der Waals surface area contributed by atoms with E-state index in [0.717, 1.165) is 65.1 Å². The summed E-state index contributed by atoms with van der Waals surface area (Å²) in [5.41, 5.74) is 5.91. The minimum atomic E-state index is 0.600. The maximum atomic E-state index is 6.13. The summed E-state index contributed by atoms with van der Waals surface area (Å²) in [7, 11) is 1.68. The van der Waals surface area contributed by atoms with Crippen molar-refractivity contribution in [1.29, 1.82) is 0 Å². The van der Waals surface area contributed by atoms with Gasteiger partial charge in [-0.15, -0.1) is 0 Å². The zero-order valence-electron chi connectivity index (χ0n) is 18.6. The van der Waals surface area contributed by atoms with E-state index < -0.39 is 0 Å². The monoisotopic (exact) mass is 419 g/mol. The molecule has 3 aromatic rings. The van der Waals surface area contributed by atoms with E-state index in [1.54, 1.807) is 13.3 Å². The topological polar surface area (TPSA) is 56.7 Å². The van der Waals surface area contributed by atoms with Crippen LogP contribution < -0.4 is 14.2 Å². The molecule has 2 heterocycles. The number of rotatable bonds is 6. The van der Waals surface area contributed by atoms with Gasteiger partial charge in [0.2, 0.25) is 0 Å². The summed E-state index contributed by atoms with van der Waals surface area (Å²) in [4.78, 5) is 11.6. The predicted molar refractivity (Wildman–Crippen MR) is 121 cm³/mol. The summed E-state index contributed by atoms with van der Waals surface area (Å²) < 4.78 is 17.6. The van der Waals surface area contributed by atoms with Crippen molar-refractivity contribution in [3.8, 4) is 28.5 Å². The van der Waals surface area contributed by atoms with Crippen molar-refractivity contribution >= 4 is 0 Å². The van der Waals surface area contributed by atoms with Gasteiger partial charge in [0.05, 0.1) is 30.8 Å². The highest BCUT2D eigenvalue weighted by molar-refractivity contribution is 5.68. The largest absolute Gasteiger partial charge is 0.494 e. The minimum absolute atomic E-state index is 0.600. The molecule has 6 nitrogen and oxygen atoms in total. The first kappa shape index (κ1) is 21.1. The van der Waals surface area contributed by atoms with Crippen molar-refractivity contribution in [2.75, 3.05) is 26.9 Å². The zero-order chi connectivity index (χ0) is 21.8. The first-order valence-corrected chi connectivity index (χ1v) is 10.7. The molecule has 0 fully saturated rings. The van der Waals surface area contributed by atoms with E-state index in [-0.39, 0.29) is 0 Å². The van der Waals surface area contributed by atoms with E-state index in [4.69, 9.17) is 19.2 Å². The van der Waals surface area contributed by atoms with E-state index in [9.17, 15) is 0 Å². The van der Waals surface area contributed by atoms with Crippen molar-refractivity contribution in [3.05, 3.63) is 65.1 Å². The molecule has 4 rings (SSSR count). The van der Waals surface area contributed by atoms with Gasteiger partial charge in [-0.2, -0.15) is 0 Å². The van der Waals surface area contributed by atoms with E-state index in [1.165, 1.54) is 5.56 Å². The smallest absolute Gasteiger partial charge is 0.165 e. The van der Waals surface area contributed by atoms with Crippen LogP contribution >= 0.6 is 0 Å². The van der Waals surface area contributed by atoms with Gasteiger partial charge < -0.3 is 14.2 Å². The highest BCUT2D eigenvalue weighted by Gasteiger charge is 2.22. The molecule has 0 N–H and O–H groups in total. The molecule has 0 aliphatic carbocycles. The van der Waals surface area contributed by atoms with Crippen LogP contribution in [-0.4, -0.2) is 41.7 Å². The molecular weight excluding hydrogens is 390 g/mol. The fourth-order valence-electron chi connectivity index (χ4n) is 3.94. The highest BCUT2D eigenvalue weighted by atomic mass is 16.5. The SMILES string of the molecule is CCOc1ccccc1CN1CCOc2c(cc(-c3nc(C)cnc3C)cc2OC)C1. The molecule has 1 aromatic heterocycles. The van der Waals surface area contributed by atoms with Crippen molar-refractivity contribution in [1.82, 2.24) is 14.9 Å². The number of benzene rings is 2. The molecule has 6 heteroatoms. The second-order valence-corrected chi connectivity index (χ2v) is 7.71. The molecule has 0 saturated carbocycles. The van der Waals surface area contributed by atoms with Crippen LogP contribution in [0.3, 0.4) is 0 Å². The molecule has 0 spiro atoms. The third-order valence-corrected chi connectivity index (χ3v) is 5.42. The first-order valence-electron chi connectivity index (χ1n) is 10.7. The number of fused-ring (bicyclic) bond motifs is 1. The number of hydrogen-bond acceptors (Lipinski definition) is 6. The lowest BCUT2D eigenvalue weighted by atomic mass is 10.0.